The maximum absolute atomic E-state index is 10.5. The first-order valence-electron chi connectivity index (χ1n) is 8.28. The first-order valence-corrected chi connectivity index (χ1v) is 9.50. The SMILES string of the molecule is CSC1(Cn2c(C)cc3c2CC(C)(C)CC3O)CCCC1. The van der Waals surface area contributed by atoms with Crippen molar-refractivity contribution in [2.75, 3.05) is 6.26 Å². The van der Waals surface area contributed by atoms with Gasteiger partial charge < -0.3 is 9.67 Å². The molecule has 1 heterocycles. The summed E-state index contributed by atoms with van der Waals surface area (Å²) >= 11 is 2.05. The monoisotopic (exact) mass is 307 g/mol. The lowest BCUT2D eigenvalue weighted by atomic mass is 9.75. The average molecular weight is 308 g/mol. The molecule has 21 heavy (non-hydrogen) atoms. The highest BCUT2D eigenvalue weighted by Crippen LogP contribution is 2.45. The predicted octanol–water partition coefficient (Wildman–Crippen LogP) is 4.48. The number of aryl methyl sites for hydroxylation is 1. The molecule has 0 aliphatic heterocycles. The summed E-state index contributed by atoms with van der Waals surface area (Å²) in [6.07, 6.45) is 9.40. The van der Waals surface area contributed by atoms with Gasteiger partial charge in [0.15, 0.2) is 0 Å². The summed E-state index contributed by atoms with van der Waals surface area (Å²) in [5.41, 5.74) is 4.13. The molecule has 0 saturated heterocycles. The van der Waals surface area contributed by atoms with E-state index in [0.29, 0.717) is 4.75 Å². The van der Waals surface area contributed by atoms with E-state index in [4.69, 9.17) is 0 Å². The van der Waals surface area contributed by atoms with Crippen LogP contribution in [0.25, 0.3) is 0 Å². The zero-order valence-corrected chi connectivity index (χ0v) is 14.7. The fraction of sp³-hybridized carbons (Fsp3) is 0.778. The van der Waals surface area contributed by atoms with Gasteiger partial charge >= 0.3 is 0 Å². The number of aliphatic hydroxyl groups is 1. The van der Waals surface area contributed by atoms with E-state index in [2.05, 4.69) is 49.4 Å². The summed E-state index contributed by atoms with van der Waals surface area (Å²) in [4.78, 5) is 0. The normalized spacial score (nSPS) is 26.8. The van der Waals surface area contributed by atoms with Gasteiger partial charge in [-0.05, 0) is 50.3 Å². The smallest absolute Gasteiger partial charge is 0.0812 e. The number of hydrogen-bond acceptors (Lipinski definition) is 2. The highest BCUT2D eigenvalue weighted by atomic mass is 32.2. The topological polar surface area (TPSA) is 25.2 Å². The van der Waals surface area contributed by atoms with Gasteiger partial charge in [-0.3, -0.25) is 0 Å². The summed E-state index contributed by atoms with van der Waals surface area (Å²) in [6.45, 7) is 7.90. The van der Waals surface area contributed by atoms with Crippen molar-refractivity contribution >= 4 is 11.8 Å². The van der Waals surface area contributed by atoms with Gasteiger partial charge in [0.1, 0.15) is 0 Å². The number of aliphatic hydroxyl groups excluding tert-OH is 1. The largest absolute Gasteiger partial charge is 0.388 e. The minimum atomic E-state index is -0.280. The van der Waals surface area contributed by atoms with Crippen molar-refractivity contribution in [1.82, 2.24) is 4.57 Å². The summed E-state index contributed by atoms with van der Waals surface area (Å²) in [6, 6.07) is 2.23. The van der Waals surface area contributed by atoms with E-state index < -0.39 is 0 Å². The van der Waals surface area contributed by atoms with E-state index in [1.165, 1.54) is 42.6 Å². The Morgan fingerprint density at radius 2 is 2.00 bits per heavy atom. The summed E-state index contributed by atoms with van der Waals surface area (Å²) in [7, 11) is 0. The van der Waals surface area contributed by atoms with Gasteiger partial charge in [0, 0.05) is 28.2 Å². The minimum Gasteiger partial charge on any atom is -0.388 e. The van der Waals surface area contributed by atoms with E-state index in [0.717, 1.165) is 19.4 Å². The van der Waals surface area contributed by atoms with Crippen LogP contribution in [0.3, 0.4) is 0 Å². The Morgan fingerprint density at radius 1 is 1.33 bits per heavy atom. The summed E-state index contributed by atoms with van der Waals surface area (Å²) < 4.78 is 2.95. The number of nitrogens with zero attached hydrogens (tertiary/aromatic N) is 1. The Morgan fingerprint density at radius 3 is 2.62 bits per heavy atom. The number of hydrogen-bond donors (Lipinski definition) is 1. The van der Waals surface area contributed by atoms with Crippen LogP contribution in [0.1, 0.15) is 69.0 Å². The molecule has 2 aliphatic rings. The van der Waals surface area contributed by atoms with E-state index in [1.54, 1.807) is 0 Å². The molecule has 1 N–H and O–H groups in total. The zero-order valence-electron chi connectivity index (χ0n) is 13.9. The third-order valence-corrected chi connectivity index (χ3v) is 7.00. The first kappa shape index (κ1) is 15.5. The average Bonchev–Trinajstić information content (AvgIpc) is 2.98. The molecular weight excluding hydrogens is 278 g/mol. The van der Waals surface area contributed by atoms with Crippen LogP contribution in [0.5, 0.6) is 0 Å². The summed E-state index contributed by atoms with van der Waals surface area (Å²) in [5, 5.41) is 10.5. The van der Waals surface area contributed by atoms with Crippen LogP contribution in [0.2, 0.25) is 0 Å². The van der Waals surface area contributed by atoms with Crippen LogP contribution in [-0.2, 0) is 13.0 Å². The van der Waals surface area contributed by atoms with Gasteiger partial charge in [0.25, 0.3) is 0 Å². The van der Waals surface area contributed by atoms with Crippen LogP contribution in [-0.4, -0.2) is 20.7 Å². The van der Waals surface area contributed by atoms with Gasteiger partial charge in [-0.15, -0.1) is 0 Å². The highest BCUT2D eigenvalue weighted by Gasteiger charge is 2.38. The molecule has 0 bridgehead atoms. The highest BCUT2D eigenvalue weighted by molar-refractivity contribution is 8.00. The molecule has 1 unspecified atom stereocenters. The molecule has 0 spiro atoms. The molecule has 0 amide bonds. The van der Waals surface area contributed by atoms with E-state index in [9.17, 15) is 5.11 Å². The Balaban J connectivity index is 1.97. The molecule has 1 saturated carbocycles. The second-order valence-electron chi connectivity index (χ2n) is 7.93. The summed E-state index contributed by atoms with van der Waals surface area (Å²) in [5.74, 6) is 0. The molecule has 1 aromatic rings. The Hall–Kier alpha value is -0.410. The van der Waals surface area contributed by atoms with Gasteiger partial charge in [-0.25, -0.2) is 0 Å². The molecule has 1 atom stereocenters. The number of aromatic nitrogens is 1. The Kier molecular flexibility index (Phi) is 3.94. The van der Waals surface area contributed by atoms with E-state index in [1.807, 2.05) is 0 Å². The molecule has 2 nitrogen and oxygen atoms in total. The van der Waals surface area contributed by atoms with Crippen LogP contribution in [0.15, 0.2) is 6.07 Å². The van der Waals surface area contributed by atoms with Crippen molar-refractivity contribution in [2.45, 2.75) is 76.7 Å². The fourth-order valence-corrected chi connectivity index (χ4v) is 5.31. The minimum absolute atomic E-state index is 0.206. The van der Waals surface area contributed by atoms with Crippen LogP contribution >= 0.6 is 11.8 Å². The van der Waals surface area contributed by atoms with Crippen molar-refractivity contribution < 1.29 is 5.11 Å². The van der Waals surface area contributed by atoms with E-state index in [-0.39, 0.29) is 11.5 Å². The predicted molar refractivity (Wildman–Crippen MR) is 90.9 cm³/mol. The number of rotatable bonds is 3. The molecule has 118 valence electrons. The first-order chi connectivity index (χ1) is 9.86. The molecule has 0 aromatic carbocycles. The molecule has 0 radical (unpaired) electrons. The zero-order chi connectivity index (χ0) is 15.3. The molecule has 2 aliphatic carbocycles. The fourth-order valence-electron chi connectivity index (χ4n) is 4.35. The maximum atomic E-state index is 10.5. The van der Waals surface area contributed by atoms with Crippen molar-refractivity contribution in [2.24, 2.45) is 5.41 Å². The molecule has 1 fully saturated rings. The van der Waals surface area contributed by atoms with Crippen molar-refractivity contribution in [3.8, 4) is 0 Å². The van der Waals surface area contributed by atoms with Gasteiger partial charge in [-0.2, -0.15) is 11.8 Å². The Bertz CT molecular complexity index is 526. The second-order valence-corrected chi connectivity index (χ2v) is 9.20. The van der Waals surface area contributed by atoms with Gasteiger partial charge in [0.2, 0.25) is 0 Å². The van der Waals surface area contributed by atoms with Crippen LogP contribution in [0, 0.1) is 12.3 Å². The van der Waals surface area contributed by atoms with Gasteiger partial charge in [0.05, 0.1) is 6.10 Å². The van der Waals surface area contributed by atoms with Crippen LogP contribution in [0.4, 0.5) is 0 Å². The lowest BCUT2D eigenvalue weighted by Crippen LogP contribution is -2.31. The third kappa shape index (κ3) is 2.79. The lowest BCUT2D eigenvalue weighted by Gasteiger charge is -2.36. The molecule has 1 aromatic heterocycles. The van der Waals surface area contributed by atoms with Gasteiger partial charge in [-0.1, -0.05) is 26.7 Å². The second kappa shape index (κ2) is 5.34. The van der Waals surface area contributed by atoms with Crippen LogP contribution < -0.4 is 0 Å². The standard InChI is InChI=1S/C18H29NOS/c1-13-9-14-15(10-17(2,3)11-16(14)20)19(13)12-18(21-4)7-5-6-8-18/h9,16,20H,5-8,10-12H2,1-4H3. The molecule has 3 rings (SSSR count). The van der Waals surface area contributed by atoms with Crippen molar-refractivity contribution in [3.63, 3.8) is 0 Å². The Labute approximate surface area is 133 Å². The third-order valence-electron chi connectivity index (χ3n) is 5.59. The quantitative estimate of drug-likeness (QED) is 0.891. The number of fused-ring (bicyclic) bond motifs is 1. The lowest BCUT2D eigenvalue weighted by molar-refractivity contribution is 0.0977. The maximum Gasteiger partial charge on any atom is 0.0812 e. The van der Waals surface area contributed by atoms with E-state index >= 15 is 0 Å². The van der Waals surface area contributed by atoms with Crippen molar-refractivity contribution in [3.05, 3.63) is 23.0 Å². The number of thioether (sulfide) groups is 1. The van der Waals surface area contributed by atoms with Crippen molar-refractivity contribution in [1.29, 1.82) is 0 Å². The molecular formula is C18H29NOS. The molecule has 3 heteroatoms.